The molecule has 1 aromatic rings. The predicted octanol–water partition coefficient (Wildman–Crippen LogP) is 2.43. The first kappa shape index (κ1) is 14.2. The number of hydrogen-bond acceptors (Lipinski definition) is 6. The molecule has 1 fully saturated rings. The topological polar surface area (TPSA) is 46.6 Å². The van der Waals surface area contributed by atoms with Crippen molar-refractivity contribution >= 4 is 57.6 Å². The molecule has 1 aliphatic rings. The van der Waals surface area contributed by atoms with E-state index < -0.39 is 5.97 Å². The number of nitrogens with zero attached hydrogens (tertiary/aromatic N) is 1. The summed E-state index contributed by atoms with van der Waals surface area (Å²) in [6.07, 6.45) is 1.82. The molecule has 0 radical (unpaired) electrons. The van der Waals surface area contributed by atoms with Gasteiger partial charge in [0.15, 0.2) is 0 Å². The molecule has 100 valence electrons. The predicted molar refractivity (Wildman–Crippen MR) is 81.0 cm³/mol. The lowest BCUT2D eigenvalue weighted by Gasteiger charge is -2.11. The van der Waals surface area contributed by atoms with E-state index in [1.165, 1.54) is 23.8 Å². The quantitative estimate of drug-likeness (QED) is 0.487. The van der Waals surface area contributed by atoms with E-state index in [0.717, 1.165) is 10.4 Å². The Morgan fingerprint density at radius 1 is 1.58 bits per heavy atom. The third-order valence-electron chi connectivity index (χ3n) is 2.55. The van der Waals surface area contributed by atoms with E-state index in [9.17, 15) is 9.59 Å². The van der Waals surface area contributed by atoms with Gasteiger partial charge in [-0.1, -0.05) is 24.0 Å². The Bertz CT molecular complexity index is 577. The molecule has 19 heavy (non-hydrogen) atoms. The average molecular weight is 313 g/mol. The van der Waals surface area contributed by atoms with E-state index in [2.05, 4.69) is 4.74 Å². The Hall–Kier alpha value is -1.18. The zero-order valence-electron chi connectivity index (χ0n) is 10.3. The number of thioether (sulfide) groups is 1. The Labute approximate surface area is 124 Å². The number of methoxy groups -OCH3 is 1. The average Bonchev–Trinajstić information content (AvgIpc) is 2.89. The monoisotopic (exact) mass is 313 g/mol. The van der Waals surface area contributed by atoms with Gasteiger partial charge in [0.1, 0.15) is 10.9 Å². The second-order valence-electron chi connectivity index (χ2n) is 3.81. The van der Waals surface area contributed by atoms with E-state index in [1.807, 2.05) is 24.4 Å². The van der Waals surface area contributed by atoms with Crippen molar-refractivity contribution < 1.29 is 14.3 Å². The molecule has 0 spiro atoms. The fourth-order valence-electron chi connectivity index (χ4n) is 1.48. The number of rotatable bonds is 3. The molecule has 0 atom stereocenters. The van der Waals surface area contributed by atoms with Crippen LogP contribution in [0.1, 0.15) is 10.4 Å². The third-order valence-corrected chi connectivity index (χ3v) is 4.90. The molecule has 0 N–H and O–H groups in total. The molecule has 0 aliphatic carbocycles. The van der Waals surface area contributed by atoms with Gasteiger partial charge in [0.05, 0.1) is 12.0 Å². The summed E-state index contributed by atoms with van der Waals surface area (Å²) < 4.78 is 4.93. The van der Waals surface area contributed by atoms with Crippen LogP contribution in [0.15, 0.2) is 16.4 Å². The van der Waals surface area contributed by atoms with Gasteiger partial charge in [0.2, 0.25) is 0 Å². The van der Waals surface area contributed by atoms with Crippen molar-refractivity contribution in [2.45, 2.75) is 6.92 Å². The van der Waals surface area contributed by atoms with Crippen LogP contribution in [0, 0.1) is 6.92 Å². The van der Waals surface area contributed by atoms with Gasteiger partial charge < -0.3 is 4.74 Å². The molecule has 1 amide bonds. The molecule has 0 saturated carbocycles. The van der Waals surface area contributed by atoms with E-state index in [0.29, 0.717) is 9.23 Å². The first-order valence-electron chi connectivity index (χ1n) is 5.39. The standard InChI is InChI=1S/C12H11NO3S3/c1-7-3-4-18-8(7)5-9-11(15)13(12(17)19-9)6-10(14)16-2/h3-5H,6H2,1-2H3/b9-5-. The van der Waals surface area contributed by atoms with E-state index in [1.54, 1.807) is 11.3 Å². The summed E-state index contributed by atoms with van der Waals surface area (Å²) in [5, 5.41) is 1.97. The Morgan fingerprint density at radius 3 is 2.89 bits per heavy atom. The summed E-state index contributed by atoms with van der Waals surface area (Å²) >= 11 is 7.89. The summed E-state index contributed by atoms with van der Waals surface area (Å²) in [4.78, 5) is 26.2. The number of thiocarbonyl (C=S) groups is 1. The zero-order valence-corrected chi connectivity index (χ0v) is 12.8. The van der Waals surface area contributed by atoms with Crippen molar-refractivity contribution in [3.8, 4) is 0 Å². The van der Waals surface area contributed by atoms with E-state index in [-0.39, 0.29) is 12.5 Å². The van der Waals surface area contributed by atoms with Gasteiger partial charge in [-0.2, -0.15) is 0 Å². The lowest BCUT2D eigenvalue weighted by atomic mass is 10.2. The smallest absolute Gasteiger partial charge is 0.325 e. The van der Waals surface area contributed by atoms with Crippen LogP contribution in [0.5, 0.6) is 0 Å². The summed E-state index contributed by atoms with van der Waals surface area (Å²) in [6, 6.07) is 1.99. The summed E-state index contributed by atoms with van der Waals surface area (Å²) in [6.45, 7) is 1.85. The normalized spacial score (nSPS) is 17.4. The third kappa shape index (κ3) is 3.05. The van der Waals surface area contributed by atoms with Crippen molar-refractivity contribution in [3.63, 3.8) is 0 Å². The van der Waals surface area contributed by atoms with Gasteiger partial charge in [-0.05, 0) is 30.0 Å². The molecule has 1 aliphatic heterocycles. The van der Waals surface area contributed by atoms with Gasteiger partial charge in [-0.15, -0.1) is 11.3 Å². The number of carbonyl (C=O) groups is 2. The molecular weight excluding hydrogens is 302 g/mol. The first-order chi connectivity index (χ1) is 9.02. The van der Waals surface area contributed by atoms with Crippen LogP contribution in [0.2, 0.25) is 0 Å². The van der Waals surface area contributed by atoms with Crippen molar-refractivity contribution in [1.82, 2.24) is 4.90 Å². The number of esters is 1. The molecule has 0 bridgehead atoms. The van der Waals surface area contributed by atoms with Crippen LogP contribution in [0.4, 0.5) is 0 Å². The zero-order chi connectivity index (χ0) is 14.0. The minimum Gasteiger partial charge on any atom is -0.468 e. The summed E-state index contributed by atoms with van der Waals surface area (Å²) in [5.74, 6) is -0.724. The van der Waals surface area contributed by atoms with Crippen LogP contribution >= 0.6 is 35.3 Å². The molecule has 1 saturated heterocycles. The van der Waals surface area contributed by atoms with Crippen molar-refractivity contribution in [3.05, 3.63) is 26.8 Å². The number of hydrogen-bond donors (Lipinski definition) is 0. The summed E-state index contributed by atoms with van der Waals surface area (Å²) in [7, 11) is 1.28. The Balaban J connectivity index is 2.21. The molecular formula is C12H11NO3S3. The fraction of sp³-hybridized carbons (Fsp3) is 0.250. The number of aryl methyl sites for hydroxylation is 1. The number of amides is 1. The molecule has 0 aromatic carbocycles. The fourth-order valence-corrected chi connectivity index (χ4v) is 3.65. The van der Waals surface area contributed by atoms with Gasteiger partial charge in [-0.25, -0.2) is 0 Å². The maximum absolute atomic E-state index is 12.2. The van der Waals surface area contributed by atoms with Gasteiger partial charge in [0.25, 0.3) is 5.91 Å². The van der Waals surface area contributed by atoms with Crippen LogP contribution in [0.3, 0.4) is 0 Å². The second-order valence-corrected chi connectivity index (χ2v) is 6.44. The summed E-state index contributed by atoms with van der Waals surface area (Å²) in [5.41, 5.74) is 1.11. The van der Waals surface area contributed by atoms with Crippen LogP contribution in [-0.2, 0) is 14.3 Å². The van der Waals surface area contributed by atoms with E-state index >= 15 is 0 Å². The Morgan fingerprint density at radius 2 is 2.32 bits per heavy atom. The highest BCUT2D eigenvalue weighted by atomic mass is 32.2. The Kier molecular flexibility index (Phi) is 4.38. The maximum atomic E-state index is 12.2. The lowest BCUT2D eigenvalue weighted by Crippen LogP contribution is -2.33. The molecule has 0 unspecified atom stereocenters. The number of thiophene rings is 1. The molecule has 7 heteroatoms. The maximum Gasteiger partial charge on any atom is 0.325 e. The number of carbonyl (C=O) groups excluding carboxylic acids is 2. The van der Waals surface area contributed by atoms with Crippen molar-refractivity contribution in [1.29, 1.82) is 0 Å². The van der Waals surface area contributed by atoms with E-state index in [4.69, 9.17) is 12.2 Å². The highest BCUT2D eigenvalue weighted by Crippen LogP contribution is 2.33. The highest BCUT2D eigenvalue weighted by Gasteiger charge is 2.33. The van der Waals surface area contributed by atoms with Gasteiger partial charge in [0, 0.05) is 4.88 Å². The van der Waals surface area contributed by atoms with Crippen molar-refractivity contribution in [2.24, 2.45) is 0 Å². The molecule has 4 nitrogen and oxygen atoms in total. The molecule has 1 aromatic heterocycles. The molecule has 2 rings (SSSR count). The minimum absolute atomic E-state index is 0.137. The SMILES string of the molecule is COC(=O)CN1C(=O)/C(=C/c2sccc2C)SC1=S. The molecule has 2 heterocycles. The van der Waals surface area contributed by atoms with Crippen LogP contribution in [0.25, 0.3) is 6.08 Å². The van der Waals surface area contributed by atoms with Crippen LogP contribution < -0.4 is 0 Å². The van der Waals surface area contributed by atoms with Gasteiger partial charge >= 0.3 is 5.97 Å². The first-order valence-corrected chi connectivity index (χ1v) is 7.49. The van der Waals surface area contributed by atoms with Crippen molar-refractivity contribution in [2.75, 3.05) is 13.7 Å². The highest BCUT2D eigenvalue weighted by molar-refractivity contribution is 8.26. The lowest BCUT2D eigenvalue weighted by molar-refractivity contribution is -0.143. The largest absolute Gasteiger partial charge is 0.468 e. The van der Waals surface area contributed by atoms with Gasteiger partial charge in [-0.3, -0.25) is 14.5 Å². The van der Waals surface area contributed by atoms with Crippen LogP contribution in [-0.4, -0.2) is 34.8 Å². The minimum atomic E-state index is -0.482. The number of ether oxygens (including phenoxy) is 1. The second kappa shape index (κ2) is 5.85.